The first-order chi connectivity index (χ1) is 15.8. The van der Waals surface area contributed by atoms with Gasteiger partial charge in [0.05, 0.1) is 11.1 Å². The molecule has 3 rings (SSSR count). The third-order valence-corrected chi connectivity index (χ3v) is 4.56. The summed E-state index contributed by atoms with van der Waals surface area (Å²) in [4.78, 5) is 34.7. The molecule has 168 valence electrons. The van der Waals surface area contributed by atoms with Crippen LogP contribution in [0.25, 0.3) is 0 Å². The Morgan fingerprint density at radius 1 is 1.12 bits per heavy atom. The minimum absolute atomic E-state index is 0.0803. The summed E-state index contributed by atoms with van der Waals surface area (Å²) in [6, 6.07) is 17.3. The fourth-order valence-electron chi connectivity index (χ4n) is 2.80. The Kier molecular flexibility index (Phi) is 7.72. The standard InChI is InChI=1S/C23H19ClN4O5/c1-15-4-2-6-19(10-15)26-22(29)14-33-21-9-8-18(24)11-17(21)13-25-27-23(30)16-5-3-7-20(12-16)28(31)32/h2-13H,14H2,1H3,(H,26,29)(H,27,30)/b25-13+. The van der Waals surface area contributed by atoms with Crippen LogP contribution >= 0.6 is 11.6 Å². The van der Waals surface area contributed by atoms with E-state index in [2.05, 4.69) is 15.8 Å². The van der Waals surface area contributed by atoms with Gasteiger partial charge in [0.2, 0.25) is 0 Å². The fourth-order valence-corrected chi connectivity index (χ4v) is 2.98. The van der Waals surface area contributed by atoms with Gasteiger partial charge in [0.15, 0.2) is 6.61 Å². The number of hydrogen-bond donors (Lipinski definition) is 2. The normalized spacial score (nSPS) is 10.6. The van der Waals surface area contributed by atoms with E-state index in [9.17, 15) is 19.7 Å². The number of halogens is 1. The van der Waals surface area contributed by atoms with E-state index in [1.807, 2.05) is 25.1 Å². The summed E-state index contributed by atoms with van der Waals surface area (Å²) in [6.45, 7) is 1.67. The lowest BCUT2D eigenvalue weighted by Gasteiger charge is -2.10. The van der Waals surface area contributed by atoms with Crippen molar-refractivity contribution in [3.8, 4) is 5.75 Å². The zero-order valence-corrected chi connectivity index (χ0v) is 18.2. The summed E-state index contributed by atoms with van der Waals surface area (Å²) in [5.74, 6) is -0.651. The number of nitrogens with one attached hydrogen (secondary N) is 2. The number of rotatable bonds is 8. The number of non-ortho nitro benzene ring substituents is 1. The number of carbonyl (C=O) groups is 2. The lowest BCUT2D eigenvalue weighted by atomic mass is 10.2. The maximum atomic E-state index is 12.2. The van der Waals surface area contributed by atoms with Gasteiger partial charge < -0.3 is 10.1 Å². The van der Waals surface area contributed by atoms with Gasteiger partial charge in [-0.15, -0.1) is 0 Å². The molecule has 0 aliphatic carbocycles. The molecule has 0 saturated heterocycles. The van der Waals surface area contributed by atoms with E-state index in [-0.39, 0.29) is 23.8 Å². The molecule has 2 N–H and O–H groups in total. The zero-order chi connectivity index (χ0) is 23.8. The first-order valence-corrected chi connectivity index (χ1v) is 10.1. The highest BCUT2D eigenvalue weighted by Gasteiger charge is 2.11. The number of ether oxygens (including phenoxy) is 1. The second kappa shape index (κ2) is 10.9. The summed E-state index contributed by atoms with van der Waals surface area (Å²) in [7, 11) is 0. The summed E-state index contributed by atoms with van der Waals surface area (Å²) >= 11 is 6.04. The van der Waals surface area contributed by atoms with E-state index in [1.165, 1.54) is 24.4 Å². The SMILES string of the molecule is Cc1cccc(NC(=O)COc2ccc(Cl)cc2/C=N/NC(=O)c2cccc([N+](=O)[O-])c2)c1. The number of carbonyl (C=O) groups excluding carboxylic acids is 2. The number of amides is 2. The van der Waals surface area contributed by atoms with Crippen LogP contribution < -0.4 is 15.5 Å². The maximum absolute atomic E-state index is 12.2. The Labute approximate surface area is 194 Å². The van der Waals surface area contributed by atoms with Crippen molar-refractivity contribution in [2.24, 2.45) is 5.10 Å². The van der Waals surface area contributed by atoms with Crippen molar-refractivity contribution < 1.29 is 19.2 Å². The molecule has 0 aliphatic heterocycles. The van der Waals surface area contributed by atoms with Crippen LogP contribution in [0.4, 0.5) is 11.4 Å². The molecule has 0 atom stereocenters. The third kappa shape index (κ3) is 6.88. The second-order valence-corrected chi connectivity index (χ2v) is 7.33. The quantitative estimate of drug-likeness (QED) is 0.290. The molecule has 3 aromatic rings. The Bertz CT molecular complexity index is 1230. The highest BCUT2D eigenvalue weighted by Crippen LogP contribution is 2.21. The Balaban J connectivity index is 1.63. The Hall–Kier alpha value is -4.24. The smallest absolute Gasteiger partial charge is 0.271 e. The lowest BCUT2D eigenvalue weighted by molar-refractivity contribution is -0.384. The molecule has 0 aliphatic rings. The van der Waals surface area contributed by atoms with E-state index < -0.39 is 10.8 Å². The van der Waals surface area contributed by atoms with Gasteiger partial charge in [0.25, 0.3) is 17.5 Å². The summed E-state index contributed by atoms with van der Waals surface area (Å²) in [5, 5.41) is 17.9. The molecule has 0 heterocycles. The molecule has 2 amide bonds. The van der Waals surface area contributed by atoms with Crippen LogP contribution in [0.15, 0.2) is 71.8 Å². The summed E-state index contributed by atoms with van der Waals surface area (Å²) in [6.07, 6.45) is 1.30. The molecule has 33 heavy (non-hydrogen) atoms. The Morgan fingerprint density at radius 2 is 1.91 bits per heavy atom. The molecule has 10 heteroatoms. The molecule has 0 saturated carbocycles. The minimum atomic E-state index is -0.628. The number of aryl methyl sites for hydroxylation is 1. The van der Waals surface area contributed by atoms with Crippen LogP contribution in [-0.2, 0) is 4.79 Å². The van der Waals surface area contributed by atoms with E-state index in [0.29, 0.717) is 22.0 Å². The maximum Gasteiger partial charge on any atom is 0.271 e. The van der Waals surface area contributed by atoms with Gasteiger partial charge in [-0.2, -0.15) is 5.10 Å². The molecule has 3 aromatic carbocycles. The number of nitro benzene ring substituents is 1. The number of hydrogen-bond acceptors (Lipinski definition) is 6. The molecular weight excluding hydrogens is 448 g/mol. The van der Waals surface area contributed by atoms with Crippen molar-refractivity contribution in [1.82, 2.24) is 5.43 Å². The van der Waals surface area contributed by atoms with Gasteiger partial charge in [-0.25, -0.2) is 5.43 Å². The topological polar surface area (TPSA) is 123 Å². The first-order valence-electron chi connectivity index (χ1n) is 9.68. The molecule has 0 spiro atoms. The van der Waals surface area contributed by atoms with Crippen LogP contribution in [0.2, 0.25) is 5.02 Å². The molecule has 0 radical (unpaired) electrons. The monoisotopic (exact) mass is 466 g/mol. The average molecular weight is 467 g/mol. The number of hydrazone groups is 1. The molecule has 0 unspecified atom stereocenters. The highest BCUT2D eigenvalue weighted by atomic mass is 35.5. The van der Waals surface area contributed by atoms with Crippen molar-refractivity contribution in [3.05, 3.63) is 98.6 Å². The van der Waals surface area contributed by atoms with Crippen LogP contribution in [-0.4, -0.2) is 29.6 Å². The lowest BCUT2D eigenvalue weighted by Crippen LogP contribution is -2.20. The van der Waals surface area contributed by atoms with Crippen LogP contribution in [0.1, 0.15) is 21.5 Å². The van der Waals surface area contributed by atoms with E-state index >= 15 is 0 Å². The number of anilines is 1. The van der Waals surface area contributed by atoms with Gasteiger partial charge >= 0.3 is 0 Å². The predicted molar refractivity (Wildman–Crippen MR) is 125 cm³/mol. The molecule has 0 fully saturated rings. The van der Waals surface area contributed by atoms with Gasteiger partial charge in [-0.3, -0.25) is 19.7 Å². The largest absolute Gasteiger partial charge is 0.483 e. The Morgan fingerprint density at radius 3 is 2.67 bits per heavy atom. The van der Waals surface area contributed by atoms with E-state index in [4.69, 9.17) is 16.3 Å². The van der Waals surface area contributed by atoms with Crippen molar-refractivity contribution in [2.45, 2.75) is 6.92 Å². The third-order valence-electron chi connectivity index (χ3n) is 4.32. The zero-order valence-electron chi connectivity index (χ0n) is 17.4. The van der Waals surface area contributed by atoms with Crippen molar-refractivity contribution >= 4 is 41.0 Å². The minimum Gasteiger partial charge on any atom is -0.483 e. The van der Waals surface area contributed by atoms with Crippen LogP contribution in [0, 0.1) is 17.0 Å². The number of nitro groups is 1. The van der Waals surface area contributed by atoms with Gasteiger partial charge in [0, 0.05) is 34.0 Å². The van der Waals surface area contributed by atoms with Crippen molar-refractivity contribution in [1.29, 1.82) is 0 Å². The van der Waals surface area contributed by atoms with Crippen LogP contribution in [0.5, 0.6) is 5.75 Å². The molecular formula is C23H19ClN4O5. The first kappa shape index (κ1) is 23.4. The highest BCUT2D eigenvalue weighted by molar-refractivity contribution is 6.30. The summed E-state index contributed by atoms with van der Waals surface area (Å²) in [5.41, 5.74) is 4.26. The molecule has 0 aromatic heterocycles. The number of nitrogens with zero attached hydrogens (tertiary/aromatic N) is 2. The van der Waals surface area contributed by atoms with Crippen molar-refractivity contribution in [3.63, 3.8) is 0 Å². The van der Waals surface area contributed by atoms with E-state index in [1.54, 1.807) is 24.3 Å². The van der Waals surface area contributed by atoms with E-state index in [0.717, 1.165) is 11.6 Å². The molecule has 9 nitrogen and oxygen atoms in total. The van der Waals surface area contributed by atoms with Crippen LogP contribution in [0.3, 0.4) is 0 Å². The molecule has 0 bridgehead atoms. The summed E-state index contributed by atoms with van der Waals surface area (Å²) < 4.78 is 5.59. The van der Waals surface area contributed by atoms with Crippen molar-refractivity contribution in [2.75, 3.05) is 11.9 Å². The average Bonchev–Trinajstić information content (AvgIpc) is 2.78. The van der Waals surface area contributed by atoms with Gasteiger partial charge in [-0.05, 0) is 48.9 Å². The van der Waals surface area contributed by atoms with Gasteiger partial charge in [0.1, 0.15) is 5.75 Å². The predicted octanol–water partition coefficient (Wildman–Crippen LogP) is 4.34. The second-order valence-electron chi connectivity index (χ2n) is 6.90. The number of benzene rings is 3. The van der Waals surface area contributed by atoms with Gasteiger partial charge in [-0.1, -0.05) is 29.8 Å². The fraction of sp³-hybridized carbons (Fsp3) is 0.0870.